The summed E-state index contributed by atoms with van der Waals surface area (Å²) in [5.74, 6) is 0.416. The van der Waals surface area contributed by atoms with Gasteiger partial charge in [0.15, 0.2) is 0 Å². The van der Waals surface area contributed by atoms with Gasteiger partial charge < -0.3 is 19.9 Å². The third-order valence-electron chi connectivity index (χ3n) is 5.00. The van der Waals surface area contributed by atoms with Crippen molar-refractivity contribution in [1.29, 1.82) is 5.26 Å². The van der Waals surface area contributed by atoms with E-state index in [9.17, 15) is 18.8 Å². The normalized spacial score (nSPS) is 27.1. The summed E-state index contributed by atoms with van der Waals surface area (Å²) in [5, 5.41) is 22.9. The van der Waals surface area contributed by atoms with E-state index in [0.717, 1.165) is 0 Å². The number of sulfonamides is 1. The van der Waals surface area contributed by atoms with Gasteiger partial charge in [-0.3, -0.25) is 0 Å². The standard InChI is InChI=1S/C17H25N5O5S/c1-17(23)11-26-8-5-14(17)27-15-12(9-18)10-19-16(21-15)20-13-3-6-22(7-4-13)28(2,24)25/h10,13-14,23H,3-8,11H2,1-2H3,(H,19,20,21)/t14-,17+/m0/s1. The largest absolute Gasteiger partial charge is 0.470 e. The molecule has 0 aromatic carbocycles. The van der Waals surface area contributed by atoms with Crippen molar-refractivity contribution in [3.63, 3.8) is 0 Å². The lowest BCUT2D eigenvalue weighted by atomic mass is 9.95. The van der Waals surface area contributed by atoms with Crippen molar-refractivity contribution in [3.05, 3.63) is 11.8 Å². The molecule has 154 valence electrons. The highest BCUT2D eigenvalue weighted by Crippen LogP contribution is 2.27. The van der Waals surface area contributed by atoms with E-state index in [1.807, 2.05) is 6.07 Å². The van der Waals surface area contributed by atoms with Crippen LogP contribution in [-0.2, 0) is 14.8 Å². The molecule has 2 aliphatic rings. The van der Waals surface area contributed by atoms with Crippen LogP contribution in [0.4, 0.5) is 5.95 Å². The van der Waals surface area contributed by atoms with Crippen molar-refractivity contribution >= 4 is 16.0 Å². The van der Waals surface area contributed by atoms with E-state index in [4.69, 9.17) is 9.47 Å². The molecule has 2 N–H and O–H groups in total. The molecule has 0 aliphatic carbocycles. The van der Waals surface area contributed by atoms with Crippen LogP contribution in [0.1, 0.15) is 31.7 Å². The topological polar surface area (TPSA) is 138 Å². The van der Waals surface area contributed by atoms with Gasteiger partial charge in [-0.2, -0.15) is 10.2 Å². The van der Waals surface area contributed by atoms with Crippen molar-refractivity contribution in [2.45, 2.75) is 43.9 Å². The molecule has 2 atom stereocenters. The summed E-state index contributed by atoms with van der Waals surface area (Å²) < 4.78 is 35.8. The van der Waals surface area contributed by atoms with Gasteiger partial charge in [0.05, 0.1) is 25.7 Å². The minimum Gasteiger partial charge on any atom is -0.470 e. The van der Waals surface area contributed by atoms with E-state index < -0.39 is 21.7 Å². The molecule has 11 heteroatoms. The van der Waals surface area contributed by atoms with Gasteiger partial charge in [0.25, 0.3) is 0 Å². The minimum absolute atomic E-state index is 0.0185. The number of hydrogen-bond acceptors (Lipinski definition) is 9. The zero-order chi connectivity index (χ0) is 20.4. The Labute approximate surface area is 164 Å². The average molecular weight is 411 g/mol. The first-order valence-corrected chi connectivity index (χ1v) is 11.0. The number of nitriles is 1. The fourth-order valence-corrected chi connectivity index (χ4v) is 4.18. The number of nitrogens with one attached hydrogen (secondary N) is 1. The zero-order valence-corrected chi connectivity index (χ0v) is 16.8. The van der Waals surface area contributed by atoms with E-state index >= 15 is 0 Å². The molecular formula is C17H25N5O5S. The second kappa shape index (κ2) is 8.16. The first-order valence-electron chi connectivity index (χ1n) is 9.14. The van der Waals surface area contributed by atoms with Crippen molar-refractivity contribution in [2.24, 2.45) is 0 Å². The van der Waals surface area contributed by atoms with Crippen molar-refractivity contribution in [2.75, 3.05) is 37.9 Å². The van der Waals surface area contributed by atoms with Crippen LogP contribution in [-0.4, -0.2) is 78.1 Å². The third kappa shape index (κ3) is 4.88. The van der Waals surface area contributed by atoms with Crippen LogP contribution >= 0.6 is 0 Å². The molecule has 2 fully saturated rings. The van der Waals surface area contributed by atoms with Crippen LogP contribution in [0, 0.1) is 11.3 Å². The average Bonchev–Trinajstić information content (AvgIpc) is 2.63. The molecule has 10 nitrogen and oxygen atoms in total. The Morgan fingerprint density at radius 2 is 2.14 bits per heavy atom. The van der Waals surface area contributed by atoms with Gasteiger partial charge in [-0.25, -0.2) is 17.7 Å². The lowest BCUT2D eigenvalue weighted by Gasteiger charge is -2.36. The number of anilines is 1. The van der Waals surface area contributed by atoms with Crippen LogP contribution < -0.4 is 10.1 Å². The van der Waals surface area contributed by atoms with Crippen LogP contribution in [0.15, 0.2) is 6.20 Å². The summed E-state index contributed by atoms with van der Waals surface area (Å²) in [5.41, 5.74) is -0.998. The molecule has 2 aliphatic heterocycles. The molecular weight excluding hydrogens is 386 g/mol. The fourth-order valence-electron chi connectivity index (χ4n) is 3.31. The lowest BCUT2D eigenvalue weighted by molar-refractivity contribution is -0.139. The number of hydrogen-bond donors (Lipinski definition) is 2. The predicted octanol–water partition coefficient (Wildman–Crippen LogP) is 0.103. The van der Waals surface area contributed by atoms with Crippen LogP contribution in [0.2, 0.25) is 0 Å². The smallest absolute Gasteiger partial charge is 0.236 e. The van der Waals surface area contributed by atoms with Gasteiger partial charge in [-0.05, 0) is 19.8 Å². The molecule has 0 unspecified atom stereocenters. The number of aliphatic hydroxyl groups is 1. The SMILES string of the molecule is C[C@@]1(O)COCC[C@@H]1Oc1nc(NC2CCN(S(C)(=O)=O)CC2)ncc1C#N. The van der Waals surface area contributed by atoms with E-state index in [0.29, 0.717) is 44.9 Å². The number of nitrogens with zero attached hydrogens (tertiary/aromatic N) is 4. The highest BCUT2D eigenvalue weighted by molar-refractivity contribution is 7.88. The maximum absolute atomic E-state index is 11.6. The van der Waals surface area contributed by atoms with Gasteiger partial charge in [-0.1, -0.05) is 0 Å². The summed E-state index contributed by atoms with van der Waals surface area (Å²) in [6.07, 6.45) is 3.77. The molecule has 28 heavy (non-hydrogen) atoms. The molecule has 3 heterocycles. The molecule has 0 radical (unpaired) electrons. The monoisotopic (exact) mass is 411 g/mol. The first kappa shape index (κ1) is 20.7. The fraction of sp³-hybridized carbons (Fsp3) is 0.706. The molecule has 2 saturated heterocycles. The molecule has 0 amide bonds. The second-order valence-electron chi connectivity index (χ2n) is 7.41. The number of rotatable bonds is 5. The Hall–Kier alpha value is -2.00. The van der Waals surface area contributed by atoms with Crippen LogP contribution in [0.25, 0.3) is 0 Å². The van der Waals surface area contributed by atoms with Crippen molar-refractivity contribution < 1.29 is 23.0 Å². The van der Waals surface area contributed by atoms with Crippen LogP contribution in [0.5, 0.6) is 5.88 Å². The van der Waals surface area contributed by atoms with Gasteiger partial charge >= 0.3 is 0 Å². The van der Waals surface area contributed by atoms with E-state index in [1.54, 1.807) is 6.92 Å². The molecule has 0 saturated carbocycles. The predicted molar refractivity (Wildman–Crippen MR) is 100 cm³/mol. The first-order chi connectivity index (χ1) is 13.2. The van der Waals surface area contributed by atoms with E-state index in [2.05, 4.69) is 15.3 Å². The molecule has 0 spiro atoms. The minimum atomic E-state index is -3.18. The highest BCUT2D eigenvalue weighted by Gasteiger charge is 2.38. The third-order valence-corrected chi connectivity index (χ3v) is 6.30. The Kier molecular flexibility index (Phi) is 6.04. The van der Waals surface area contributed by atoms with Gasteiger partial charge in [-0.15, -0.1) is 0 Å². The number of aromatic nitrogens is 2. The van der Waals surface area contributed by atoms with Crippen LogP contribution in [0.3, 0.4) is 0 Å². The van der Waals surface area contributed by atoms with Gasteiger partial charge in [0.2, 0.25) is 21.9 Å². The second-order valence-corrected chi connectivity index (χ2v) is 9.39. The highest BCUT2D eigenvalue weighted by atomic mass is 32.2. The quantitative estimate of drug-likeness (QED) is 0.691. The Balaban J connectivity index is 1.69. The summed E-state index contributed by atoms with van der Waals surface area (Å²) in [4.78, 5) is 8.47. The summed E-state index contributed by atoms with van der Waals surface area (Å²) in [6, 6.07) is 2.02. The lowest BCUT2D eigenvalue weighted by Crippen LogP contribution is -2.51. The van der Waals surface area contributed by atoms with E-state index in [-0.39, 0.29) is 24.1 Å². The number of ether oxygens (including phenoxy) is 2. The van der Waals surface area contributed by atoms with Gasteiger partial charge in [0.1, 0.15) is 23.3 Å². The zero-order valence-electron chi connectivity index (χ0n) is 16.0. The van der Waals surface area contributed by atoms with Crippen molar-refractivity contribution in [1.82, 2.24) is 14.3 Å². The maximum atomic E-state index is 11.6. The molecule has 1 aromatic rings. The molecule has 0 bridgehead atoms. The Morgan fingerprint density at radius 3 is 2.75 bits per heavy atom. The maximum Gasteiger partial charge on any atom is 0.236 e. The molecule has 1 aromatic heterocycles. The summed E-state index contributed by atoms with van der Waals surface area (Å²) >= 11 is 0. The summed E-state index contributed by atoms with van der Waals surface area (Å²) in [6.45, 7) is 3.09. The number of piperidine rings is 1. The summed E-state index contributed by atoms with van der Waals surface area (Å²) in [7, 11) is -3.18. The van der Waals surface area contributed by atoms with E-state index in [1.165, 1.54) is 16.8 Å². The van der Waals surface area contributed by atoms with Crippen molar-refractivity contribution in [3.8, 4) is 11.9 Å². The van der Waals surface area contributed by atoms with Gasteiger partial charge in [0, 0.05) is 25.6 Å². The Morgan fingerprint density at radius 1 is 1.43 bits per heavy atom. The molecule has 3 rings (SSSR count). The Bertz CT molecular complexity index is 846.